The van der Waals surface area contributed by atoms with Crippen molar-refractivity contribution in [3.8, 4) is 22.6 Å². The zero-order valence-corrected chi connectivity index (χ0v) is 25.5. The fourth-order valence-electron chi connectivity index (χ4n) is 5.69. The van der Waals surface area contributed by atoms with E-state index in [1.807, 2.05) is 12.1 Å². The number of aromatic nitrogens is 6. The second kappa shape index (κ2) is 13.7. The van der Waals surface area contributed by atoms with E-state index in [-0.39, 0.29) is 16.3 Å². The van der Waals surface area contributed by atoms with Crippen molar-refractivity contribution in [2.75, 3.05) is 56.7 Å². The molecule has 1 N–H and O–H groups in total. The van der Waals surface area contributed by atoms with Crippen molar-refractivity contribution in [1.29, 1.82) is 0 Å². The van der Waals surface area contributed by atoms with Crippen molar-refractivity contribution >= 4 is 28.9 Å². The van der Waals surface area contributed by atoms with Gasteiger partial charge in [-0.2, -0.15) is 0 Å². The number of rotatable bonds is 10. The molecule has 2 fully saturated rings. The molecule has 1 atom stereocenters. The standard InChI is InChI=1S/C30H35ClFN9O3/c1-20(18-41-19-35-37-38-41)44-29-25(31)5-4-24(28(29)32)21-16-33-30(34-17-21)36-26-6-3-23(15-27(26)42-2)39-9-7-22(8-10-39)40-11-13-43-14-12-40/h3-6,15-17,19-20,22H,7-14,18H2,1-2H3,(H,33,34,36). The Morgan fingerprint density at radius 2 is 1.86 bits per heavy atom. The van der Waals surface area contributed by atoms with Crippen molar-refractivity contribution < 1.29 is 18.6 Å². The molecule has 2 aliphatic heterocycles. The molecule has 0 aliphatic carbocycles. The summed E-state index contributed by atoms with van der Waals surface area (Å²) in [6, 6.07) is 9.87. The Hall–Kier alpha value is -4.07. The summed E-state index contributed by atoms with van der Waals surface area (Å²) < 4.78 is 34.1. The van der Waals surface area contributed by atoms with Crippen LogP contribution in [0.25, 0.3) is 11.1 Å². The SMILES string of the molecule is COc1cc(N2CCC(N3CCOCC3)CC2)ccc1Nc1ncc(-c2ccc(Cl)c(OC(C)Cn3cnnn3)c2F)cn1. The minimum Gasteiger partial charge on any atom is -0.494 e. The number of hydrogen-bond acceptors (Lipinski definition) is 11. The Morgan fingerprint density at radius 1 is 1.09 bits per heavy atom. The molecule has 2 aromatic carbocycles. The molecule has 0 amide bonds. The van der Waals surface area contributed by atoms with Crippen LogP contribution in [0.2, 0.25) is 5.02 Å². The van der Waals surface area contributed by atoms with Crippen LogP contribution >= 0.6 is 11.6 Å². The summed E-state index contributed by atoms with van der Waals surface area (Å²) in [6.07, 6.45) is 6.38. The Balaban J connectivity index is 1.10. The fraction of sp³-hybridized carbons (Fsp3) is 0.433. The quantitative estimate of drug-likeness (QED) is 0.270. The summed E-state index contributed by atoms with van der Waals surface area (Å²) in [4.78, 5) is 13.8. The molecular weight excluding hydrogens is 589 g/mol. The number of hydrogen-bond donors (Lipinski definition) is 1. The minimum absolute atomic E-state index is 0.0536. The fourth-order valence-corrected chi connectivity index (χ4v) is 5.88. The summed E-state index contributed by atoms with van der Waals surface area (Å²) in [5, 5.41) is 14.4. The normalized spacial score (nSPS) is 17.0. The number of methoxy groups -OCH3 is 1. The van der Waals surface area contributed by atoms with E-state index in [1.165, 1.54) is 11.0 Å². The van der Waals surface area contributed by atoms with Gasteiger partial charge in [-0.1, -0.05) is 11.6 Å². The summed E-state index contributed by atoms with van der Waals surface area (Å²) in [5.74, 6) is 0.387. The highest BCUT2D eigenvalue weighted by atomic mass is 35.5. The lowest BCUT2D eigenvalue weighted by atomic mass is 10.0. The van der Waals surface area contributed by atoms with E-state index in [0.29, 0.717) is 29.8 Å². The zero-order chi connectivity index (χ0) is 30.5. The number of halogens is 2. The van der Waals surface area contributed by atoms with Crippen molar-refractivity contribution in [3.05, 3.63) is 59.9 Å². The van der Waals surface area contributed by atoms with E-state index < -0.39 is 11.9 Å². The van der Waals surface area contributed by atoms with Gasteiger partial charge in [0.1, 0.15) is 18.2 Å². The molecule has 0 saturated carbocycles. The highest BCUT2D eigenvalue weighted by molar-refractivity contribution is 6.32. The maximum Gasteiger partial charge on any atom is 0.227 e. The average molecular weight is 624 g/mol. The highest BCUT2D eigenvalue weighted by Crippen LogP contribution is 2.36. The van der Waals surface area contributed by atoms with Gasteiger partial charge in [-0.15, -0.1) is 5.10 Å². The molecule has 2 aliphatic rings. The number of nitrogens with zero attached hydrogens (tertiary/aromatic N) is 8. The van der Waals surface area contributed by atoms with Crippen LogP contribution in [-0.4, -0.2) is 93.7 Å². The molecule has 4 heterocycles. The van der Waals surface area contributed by atoms with Gasteiger partial charge in [-0.25, -0.2) is 19.0 Å². The molecule has 12 nitrogen and oxygen atoms in total. The maximum absolute atomic E-state index is 15.6. The lowest BCUT2D eigenvalue weighted by molar-refractivity contribution is 0.0115. The predicted octanol–water partition coefficient (Wildman–Crippen LogP) is 4.44. The van der Waals surface area contributed by atoms with Crippen molar-refractivity contribution in [2.45, 2.75) is 38.5 Å². The third-order valence-corrected chi connectivity index (χ3v) is 8.29. The van der Waals surface area contributed by atoms with E-state index in [1.54, 1.807) is 38.6 Å². The third kappa shape index (κ3) is 6.85. The molecule has 0 radical (unpaired) electrons. The van der Waals surface area contributed by atoms with Gasteiger partial charge in [-0.05, 0) is 54.5 Å². The van der Waals surface area contributed by atoms with Crippen molar-refractivity contribution in [3.63, 3.8) is 0 Å². The number of morpholine rings is 1. The first kappa shape index (κ1) is 30.0. The lowest BCUT2D eigenvalue weighted by Crippen LogP contribution is -2.49. The number of nitrogens with one attached hydrogen (secondary N) is 1. The molecule has 14 heteroatoms. The Morgan fingerprint density at radius 3 is 2.57 bits per heavy atom. The van der Waals surface area contributed by atoms with Gasteiger partial charge in [0.15, 0.2) is 11.6 Å². The molecule has 44 heavy (non-hydrogen) atoms. The van der Waals surface area contributed by atoms with E-state index >= 15 is 4.39 Å². The topological polar surface area (TPSA) is 116 Å². The molecule has 0 bridgehead atoms. The van der Waals surface area contributed by atoms with E-state index in [9.17, 15) is 0 Å². The van der Waals surface area contributed by atoms with Gasteiger partial charge in [-0.3, -0.25) is 4.90 Å². The Bertz CT molecular complexity index is 1530. The van der Waals surface area contributed by atoms with Gasteiger partial charge in [0.25, 0.3) is 0 Å². The van der Waals surface area contributed by atoms with Crippen LogP contribution in [-0.2, 0) is 11.3 Å². The van der Waals surface area contributed by atoms with Crippen LogP contribution in [0, 0.1) is 5.82 Å². The van der Waals surface area contributed by atoms with E-state index in [0.717, 1.165) is 63.6 Å². The van der Waals surface area contributed by atoms with Gasteiger partial charge in [0, 0.05) is 67.5 Å². The Labute approximate surface area is 260 Å². The number of piperidine rings is 1. The van der Waals surface area contributed by atoms with E-state index in [2.05, 4.69) is 46.7 Å². The highest BCUT2D eigenvalue weighted by Gasteiger charge is 2.26. The summed E-state index contributed by atoms with van der Waals surface area (Å²) >= 11 is 6.28. The lowest BCUT2D eigenvalue weighted by Gasteiger charge is -2.40. The first-order valence-corrected chi connectivity index (χ1v) is 15.1. The second-order valence-electron chi connectivity index (χ2n) is 10.9. The zero-order valence-electron chi connectivity index (χ0n) is 24.7. The predicted molar refractivity (Wildman–Crippen MR) is 164 cm³/mol. The Kier molecular flexibility index (Phi) is 9.34. The van der Waals surface area contributed by atoms with Gasteiger partial charge in [0.05, 0.1) is 37.6 Å². The van der Waals surface area contributed by atoms with Crippen molar-refractivity contribution in [1.82, 2.24) is 35.1 Å². The van der Waals surface area contributed by atoms with Crippen LogP contribution < -0.4 is 19.7 Å². The minimum atomic E-state index is -0.600. The molecule has 6 rings (SSSR count). The number of benzene rings is 2. The van der Waals surface area contributed by atoms with E-state index in [4.69, 9.17) is 25.8 Å². The molecule has 2 saturated heterocycles. The third-order valence-electron chi connectivity index (χ3n) is 7.99. The molecule has 1 unspecified atom stereocenters. The molecule has 232 valence electrons. The van der Waals surface area contributed by atoms with Gasteiger partial charge >= 0.3 is 0 Å². The van der Waals surface area contributed by atoms with Crippen LogP contribution in [0.3, 0.4) is 0 Å². The number of anilines is 3. The van der Waals surface area contributed by atoms with Crippen LogP contribution in [0.1, 0.15) is 19.8 Å². The largest absolute Gasteiger partial charge is 0.494 e. The maximum atomic E-state index is 15.6. The molecule has 0 spiro atoms. The summed E-state index contributed by atoms with van der Waals surface area (Å²) in [7, 11) is 1.64. The van der Waals surface area contributed by atoms with Gasteiger partial charge in [0.2, 0.25) is 5.95 Å². The molecule has 2 aromatic heterocycles. The second-order valence-corrected chi connectivity index (χ2v) is 11.3. The smallest absolute Gasteiger partial charge is 0.227 e. The summed E-state index contributed by atoms with van der Waals surface area (Å²) in [6.45, 7) is 7.80. The number of ether oxygens (including phenoxy) is 3. The monoisotopic (exact) mass is 623 g/mol. The molecular formula is C30H35ClFN9O3. The first-order chi connectivity index (χ1) is 21.5. The molecule has 4 aromatic rings. The van der Waals surface area contributed by atoms with Crippen LogP contribution in [0.4, 0.5) is 21.7 Å². The van der Waals surface area contributed by atoms with Crippen molar-refractivity contribution in [2.24, 2.45) is 0 Å². The van der Waals surface area contributed by atoms with Crippen LogP contribution in [0.5, 0.6) is 11.5 Å². The average Bonchev–Trinajstić information content (AvgIpc) is 3.57. The summed E-state index contributed by atoms with van der Waals surface area (Å²) in [5.41, 5.74) is 2.60. The van der Waals surface area contributed by atoms with Gasteiger partial charge < -0.3 is 24.4 Å². The number of tetrazole rings is 1. The first-order valence-electron chi connectivity index (χ1n) is 14.7. The van der Waals surface area contributed by atoms with Crippen LogP contribution in [0.15, 0.2) is 49.1 Å².